The van der Waals surface area contributed by atoms with Crippen LogP contribution in [0.15, 0.2) is 115 Å². The third-order valence-corrected chi connectivity index (χ3v) is 11.5. The predicted octanol–water partition coefficient (Wildman–Crippen LogP) is 4.51. The van der Waals surface area contributed by atoms with E-state index < -0.39 is 8.07 Å². The maximum Gasteiger partial charge on any atom is 0.180 e. The van der Waals surface area contributed by atoms with Crippen molar-refractivity contribution in [3.05, 3.63) is 121 Å². The first kappa shape index (κ1) is 17.4. The molecular formula is C29H22Si. The highest BCUT2D eigenvalue weighted by atomic mass is 28.3. The molecular weight excluding hydrogens is 376 g/mol. The molecule has 0 radical (unpaired) electrons. The lowest BCUT2D eigenvalue weighted by atomic mass is 9.96. The summed E-state index contributed by atoms with van der Waals surface area (Å²) in [5, 5.41) is 8.68. The summed E-state index contributed by atoms with van der Waals surface area (Å²) in [7, 11) is -2.37. The van der Waals surface area contributed by atoms with Crippen molar-refractivity contribution in [3.8, 4) is 11.1 Å². The number of aryl methyl sites for hydroxylation is 1. The molecule has 0 unspecified atom stereocenters. The van der Waals surface area contributed by atoms with E-state index in [9.17, 15) is 0 Å². The van der Waals surface area contributed by atoms with Crippen LogP contribution in [0.1, 0.15) is 5.56 Å². The minimum atomic E-state index is -2.37. The molecule has 1 aliphatic rings. The third kappa shape index (κ3) is 2.21. The van der Waals surface area contributed by atoms with Gasteiger partial charge in [-0.25, -0.2) is 0 Å². The first-order chi connectivity index (χ1) is 14.8. The smallest absolute Gasteiger partial charge is 0.0623 e. The number of hydrogen-bond donors (Lipinski definition) is 0. The van der Waals surface area contributed by atoms with Gasteiger partial charge in [-0.1, -0.05) is 115 Å². The summed E-state index contributed by atoms with van der Waals surface area (Å²) < 4.78 is 0. The molecule has 0 saturated heterocycles. The Kier molecular flexibility index (Phi) is 3.81. The summed E-state index contributed by atoms with van der Waals surface area (Å²) in [5.41, 5.74) is 4.20. The molecule has 1 aliphatic heterocycles. The quantitative estimate of drug-likeness (QED) is 0.377. The minimum absolute atomic E-state index is 1.36. The van der Waals surface area contributed by atoms with Gasteiger partial charge in [0.1, 0.15) is 0 Å². The second-order valence-corrected chi connectivity index (χ2v) is 11.9. The van der Waals surface area contributed by atoms with Crippen molar-refractivity contribution in [1.82, 2.24) is 0 Å². The largest absolute Gasteiger partial charge is 0.180 e. The lowest BCUT2D eigenvalue weighted by Crippen LogP contribution is -2.72. The van der Waals surface area contributed by atoms with Crippen LogP contribution < -0.4 is 20.7 Å². The van der Waals surface area contributed by atoms with E-state index in [1.165, 1.54) is 48.2 Å². The molecule has 0 nitrogen and oxygen atoms in total. The summed E-state index contributed by atoms with van der Waals surface area (Å²) >= 11 is 0. The van der Waals surface area contributed by atoms with Crippen molar-refractivity contribution in [3.63, 3.8) is 0 Å². The summed E-state index contributed by atoms with van der Waals surface area (Å²) in [6.07, 6.45) is 0. The normalized spacial score (nSPS) is 13.8. The van der Waals surface area contributed by atoms with E-state index in [4.69, 9.17) is 0 Å². The van der Waals surface area contributed by atoms with Crippen molar-refractivity contribution < 1.29 is 0 Å². The van der Waals surface area contributed by atoms with E-state index in [0.717, 1.165) is 0 Å². The Labute approximate surface area is 178 Å². The highest BCUT2D eigenvalue weighted by Gasteiger charge is 2.49. The first-order valence-corrected chi connectivity index (χ1v) is 12.6. The van der Waals surface area contributed by atoms with Crippen LogP contribution in [0.5, 0.6) is 0 Å². The molecule has 6 rings (SSSR count). The summed E-state index contributed by atoms with van der Waals surface area (Å²) in [4.78, 5) is 0. The van der Waals surface area contributed by atoms with E-state index >= 15 is 0 Å². The van der Waals surface area contributed by atoms with Crippen LogP contribution in [-0.4, -0.2) is 8.07 Å². The van der Waals surface area contributed by atoms with Crippen LogP contribution in [0, 0.1) is 6.92 Å². The van der Waals surface area contributed by atoms with Gasteiger partial charge in [-0.2, -0.15) is 0 Å². The lowest BCUT2D eigenvalue weighted by molar-refractivity contribution is 1.55. The Balaban J connectivity index is 1.87. The Morgan fingerprint density at radius 1 is 0.500 bits per heavy atom. The van der Waals surface area contributed by atoms with Crippen molar-refractivity contribution in [2.75, 3.05) is 0 Å². The zero-order valence-corrected chi connectivity index (χ0v) is 18.0. The van der Waals surface area contributed by atoms with Gasteiger partial charge in [-0.15, -0.1) is 0 Å². The van der Waals surface area contributed by atoms with Crippen LogP contribution in [0.2, 0.25) is 0 Å². The molecule has 0 saturated carbocycles. The second-order valence-electron chi connectivity index (χ2n) is 8.19. The van der Waals surface area contributed by atoms with Gasteiger partial charge >= 0.3 is 0 Å². The van der Waals surface area contributed by atoms with Gasteiger partial charge < -0.3 is 0 Å². The third-order valence-electron chi connectivity index (χ3n) is 6.67. The molecule has 0 fully saturated rings. The van der Waals surface area contributed by atoms with E-state index in [2.05, 4.69) is 122 Å². The van der Waals surface area contributed by atoms with Crippen LogP contribution in [-0.2, 0) is 0 Å². The summed E-state index contributed by atoms with van der Waals surface area (Å²) in [5.74, 6) is 0. The minimum Gasteiger partial charge on any atom is -0.0623 e. The lowest BCUT2D eigenvalue weighted by Gasteiger charge is -2.31. The fourth-order valence-electron chi connectivity index (χ4n) is 5.48. The predicted molar refractivity (Wildman–Crippen MR) is 131 cm³/mol. The Bertz CT molecular complexity index is 1350. The molecule has 0 aliphatic carbocycles. The molecule has 1 heteroatoms. The zero-order valence-electron chi connectivity index (χ0n) is 17.0. The second kappa shape index (κ2) is 6.55. The Morgan fingerprint density at radius 3 is 1.70 bits per heavy atom. The maximum atomic E-state index is 2.49. The van der Waals surface area contributed by atoms with Crippen LogP contribution in [0.4, 0.5) is 0 Å². The van der Waals surface area contributed by atoms with Gasteiger partial charge in [0, 0.05) is 0 Å². The fourth-order valence-corrected chi connectivity index (χ4v) is 10.8. The SMILES string of the molecule is Cc1cc2c(c3ccccc13)-c1ccccc1[Si]2(c1ccccc1)c1ccccc1. The summed E-state index contributed by atoms with van der Waals surface area (Å²) in [6, 6.07) is 42.9. The van der Waals surface area contributed by atoms with Crippen molar-refractivity contribution >= 4 is 39.6 Å². The van der Waals surface area contributed by atoms with Gasteiger partial charge in [0.05, 0.1) is 0 Å². The number of hydrogen-bond acceptors (Lipinski definition) is 0. The Hall–Kier alpha value is -3.42. The molecule has 5 aromatic rings. The topological polar surface area (TPSA) is 0 Å². The average molecular weight is 399 g/mol. The highest BCUT2D eigenvalue weighted by Crippen LogP contribution is 2.35. The fraction of sp³-hybridized carbons (Fsp3) is 0.0345. The van der Waals surface area contributed by atoms with Crippen molar-refractivity contribution in [2.24, 2.45) is 0 Å². The van der Waals surface area contributed by atoms with Gasteiger partial charge in [-0.3, -0.25) is 0 Å². The molecule has 0 aromatic heterocycles. The van der Waals surface area contributed by atoms with Gasteiger partial charge in [0.25, 0.3) is 0 Å². The zero-order chi connectivity index (χ0) is 20.1. The molecule has 1 heterocycles. The molecule has 0 amide bonds. The van der Waals surface area contributed by atoms with Crippen molar-refractivity contribution in [2.45, 2.75) is 6.92 Å². The van der Waals surface area contributed by atoms with Crippen molar-refractivity contribution in [1.29, 1.82) is 0 Å². The van der Waals surface area contributed by atoms with E-state index in [-0.39, 0.29) is 0 Å². The number of fused-ring (bicyclic) bond motifs is 5. The van der Waals surface area contributed by atoms with Gasteiger partial charge in [-0.05, 0) is 55.1 Å². The Morgan fingerprint density at radius 2 is 1.03 bits per heavy atom. The maximum absolute atomic E-state index is 2.49. The molecule has 0 spiro atoms. The van der Waals surface area contributed by atoms with E-state index in [1.54, 1.807) is 0 Å². The van der Waals surface area contributed by atoms with Crippen LogP contribution >= 0.6 is 0 Å². The number of rotatable bonds is 2. The molecule has 142 valence electrons. The number of benzene rings is 5. The van der Waals surface area contributed by atoms with Crippen LogP contribution in [0.3, 0.4) is 0 Å². The highest BCUT2D eigenvalue weighted by molar-refractivity contribution is 7.22. The first-order valence-electron chi connectivity index (χ1n) is 10.6. The molecule has 0 bridgehead atoms. The average Bonchev–Trinajstić information content (AvgIpc) is 3.11. The monoisotopic (exact) mass is 398 g/mol. The van der Waals surface area contributed by atoms with Gasteiger partial charge in [0.2, 0.25) is 0 Å². The molecule has 0 N–H and O–H groups in total. The van der Waals surface area contributed by atoms with E-state index in [0.29, 0.717) is 0 Å². The van der Waals surface area contributed by atoms with Crippen LogP contribution in [0.25, 0.3) is 21.9 Å². The standard InChI is InChI=1S/C29H22Si/c1-21-20-28-29(25-17-9-8-16-24(21)25)26-18-10-11-19-27(26)30(28,22-12-4-2-5-13-22)23-14-6-3-7-15-23/h2-20H,1H3. The molecule has 0 atom stereocenters. The van der Waals surface area contributed by atoms with Gasteiger partial charge in [0.15, 0.2) is 8.07 Å². The summed E-state index contributed by atoms with van der Waals surface area (Å²) in [6.45, 7) is 2.26. The molecule has 30 heavy (non-hydrogen) atoms. The van der Waals surface area contributed by atoms with E-state index in [1.807, 2.05) is 0 Å². The molecule has 5 aromatic carbocycles.